The molecule has 1 aromatic heterocycles. The van der Waals surface area contributed by atoms with Crippen molar-refractivity contribution in [1.29, 1.82) is 0 Å². The molecule has 164 valence electrons. The number of aromatic nitrogens is 1. The third-order valence-electron chi connectivity index (χ3n) is 5.03. The third kappa shape index (κ3) is 4.63. The Kier molecular flexibility index (Phi) is 6.74. The maximum Gasteiger partial charge on any atom is 0.245 e. The van der Waals surface area contributed by atoms with Crippen molar-refractivity contribution in [3.8, 4) is 0 Å². The van der Waals surface area contributed by atoms with Gasteiger partial charge in [-0.1, -0.05) is 6.07 Å². The molecule has 2 aromatic rings. The summed E-state index contributed by atoms with van der Waals surface area (Å²) in [7, 11) is -3.67. The third-order valence-corrected chi connectivity index (χ3v) is 7.26. The van der Waals surface area contributed by atoms with Crippen LogP contribution in [0, 0.1) is 11.6 Å². The molecular weight excluding hydrogens is 412 g/mol. The number of halogens is 2. The van der Waals surface area contributed by atoms with Crippen LogP contribution in [-0.2, 0) is 14.8 Å². The van der Waals surface area contributed by atoms with E-state index < -0.39 is 27.8 Å². The predicted molar refractivity (Wildman–Crippen MR) is 111 cm³/mol. The zero-order valence-corrected chi connectivity index (χ0v) is 18.3. The Morgan fingerprint density at radius 1 is 1.10 bits per heavy atom. The van der Waals surface area contributed by atoms with Gasteiger partial charge in [-0.2, -0.15) is 4.31 Å². The molecular formula is C21H27F2N3O3S. The average Bonchev–Trinajstić information content (AvgIpc) is 3.11. The van der Waals surface area contributed by atoms with Crippen molar-refractivity contribution in [3.63, 3.8) is 0 Å². The minimum atomic E-state index is -3.67. The number of nitrogens with zero attached hydrogens (tertiary/aromatic N) is 2. The van der Waals surface area contributed by atoms with E-state index in [2.05, 4.69) is 10.3 Å². The number of hydrogen-bond acceptors (Lipinski definition) is 5. The summed E-state index contributed by atoms with van der Waals surface area (Å²) in [6.45, 7) is 7.79. The SMILES string of the molecule is CC(C)N(C(C)C)S(=O)(=O)c1ccc(NC2CCOC2c2ccc(F)c(F)c2)nc1. The lowest BCUT2D eigenvalue weighted by molar-refractivity contribution is 0.107. The first kappa shape index (κ1) is 22.6. The van der Waals surface area contributed by atoms with Crippen molar-refractivity contribution < 1.29 is 21.9 Å². The van der Waals surface area contributed by atoms with E-state index in [0.29, 0.717) is 24.4 Å². The van der Waals surface area contributed by atoms with Gasteiger partial charge in [0.05, 0.1) is 6.04 Å². The Morgan fingerprint density at radius 2 is 1.80 bits per heavy atom. The highest BCUT2D eigenvalue weighted by Crippen LogP contribution is 2.32. The first-order valence-corrected chi connectivity index (χ1v) is 11.4. The molecule has 0 amide bonds. The highest BCUT2D eigenvalue weighted by Gasteiger charge is 2.32. The van der Waals surface area contributed by atoms with Crippen LogP contribution in [0.4, 0.5) is 14.6 Å². The van der Waals surface area contributed by atoms with Gasteiger partial charge in [0.15, 0.2) is 11.6 Å². The molecule has 1 aliphatic rings. The molecule has 0 aliphatic carbocycles. The molecule has 2 heterocycles. The molecule has 6 nitrogen and oxygen atoms in total. The number of anilines is 1. The second-order valence-corrected chi connectivity index (χ2v) is 9.75. The minimum absolute atomic E-state index is 0.121. The quantitative estimate of drug-likeness (QED) is 0.703. The smallest absolute Gasteiger partial charge is 0.245 e. The van der Waals surface area contributed by atoms with Gasteiger partial charge in [-0.05, 0) is 63.9 Å². The normalized spacial score (nSPS) is 19.8. The van der Waals surface area contributed by atoms with Gasteiger partial charge in [0, 0.05) is 24.9 Å². The van der Waals surface area contributed by atoms with Crippen molar-refractivity contribution in [2.45, 2.75) is 63.2 Å². The fourth-order valence-electron chi connectivity index (χ4n) is 3.84. The van der Waals surface area contributed by atoms with E-state index in [0.717, 1.165) is 12.1 Å². The first-order chi connectivity index (χ1) is 14.1. The molecule has 2 unspecified atom stereocenters. The highest BCUT2D eigenvalue weighted by molar-refractivity contribution is 7.89. The summed E-state index contributed by atoms with van der Waals surface area (Å²) in [5.74, 6) is -1.34. The lowest BCUT2D eigenvalue weighted by atomic mass is 10.0. The minimum Gasteiger partial charge on any atom is -0.371 e. The second-order valence-electron chi connectivity index (χ2n) is 7.91. The van der Waals surface area contributed by atoms with Gasteiger partial charge in [-0.15, -0.1) is 0 Å². The molecule has 9 heteroatoms. The number of sulfonamides is 1. The number of ether oxygens (including phenoxy) is 1. The average molecular weight is 440 g/mol. The van der Waals surface area contributed by atoms with Crippen LogP contribution < -0.4 is 5.32 Å². The number of nitrogens with one attached hydrogen (secondary N) is 1. The topological polar surface area (TPSA) is 71.5 Å². The summed E-state index contributed by atoms with van der Waals surface area (Å²) in [5.41, 5.74) is 0.535. The maximum atomic E-state index is 13.6. The van der Waals surface area contributed by atoms with Gasteiger partial charge in [0.2, 0.25) is 10.0 Å². The Morgan fingerprint density at radius 3 is 2.37 bits per heavy atom. The fourth-order valence-corrected chi connectivity index (χ4v) is 5.62. The molecule has 1 aliphatic heterocycles. The van der Waals surface area contributed by atoms with E-state index in [1.54, 1.807) is 6.07 Å². The molecule has 1 fully saturated rings. The van der Waals surface area contributed by atoms with E-state index in [9.17, 15) is 17.2 Å². The van der Waals surface area contributed by atoms with Gasteiger partial charge < -0.3 is 10.1 Å². The maximum absolute atomic E-state index is 13.6. The summed E-state index contributed by atoms with van der Waals surface area (Å²) in [4.78, 5) is 4.38. The number of benzene rings is 1. The summed E-state index contributed by atoms with van der Waals surface area (Å²) < 4.78 is 59.9. The molecule has 0 spiro atoms. The Bertz CT molecular complexity index is 973. The van der Waals surface area contributed by atoms with Crippen LogP contribution in [0.2, 0.25) is 0 Å². The first-order valence-electron chi connectivity index (χ1n) is 9.94. The molecule has 3 rings (SSSR count). The standard InChI is InChI=1S/C21H27F2N3O3S/c1-13(2)26(14(3)4)30(27,28)16-6-8-20(24-12-16)25-19-9-10-29-21(19)15-5-7-17(22)18(23)11-15/h5-8,11-14,19,21H,9-10H2,1-4H3,(H,24,25). The molecule has 0 bridgehead atoms. The van der Waals surface area contributed by atoms with Crippen LogP contribution in [0.5, 0.6) is 0 Å². The Labute approximate surface area is 176 Å². The van der Waals surface area contributed by atoms with E-state index in [1.807, 2.05) is 27.7 Å². The van der Waals surface area contributed by atoms with Crippen LogP contribution in [0.1, 0.15) is 45.8 Å². The van der Waals surface area contributed by atoms with Crippen molar-refractivity contribution in [2.24, 2.45) is 0 Å². The van der Waals surface area contributed by atoms with E-state index in [-0.39, 0.29) is 23.0 Å². The summed E-state index contributed by atoms with van der Waals surface area (Å²) in [6.07, 6.45) is 1.53. The molecule has 1 N–H and O–H groups in total. The highest BCUT2D eigenvalue weighted by atomic mass is 32.2. The molecule has 2 atom stereocenters. The van der Waals surface area contributed by atoms with Crippen LogP contribution >= 0.6 is 0 Å². The monoisotopic (exact) mass is 439 g/mol. The van der Waals surface area contributed by atoms with E-state index >= 15 is 0 Å². The lowest BCUT2D eigenvalue weighted by Crippen LogP contribution is -2.41. The number of rotatable bonds is 7. The molecule has 30 heavy (non-hydrogen) atoms. The van der Waals surface area contributed by atoms with E-state index in [1.165, 1.54) is 22.6 Å². The predicted octanol–water partition coefficient (Wildman–Crippen LogP) is 4.11. The van der Waals surface area contributed by atoms with Gasteiger partial charge in [-0.3, -0.25) is 0 Å². The second kappa shape index (κ2) is 8.95. The Balaban J connectivity index is 1.77. The number of pyridine rings is 1. The summed E-state index contributed by atoms with van der Waals surface area (Å²) in [6, 6.07) is 6.27. The van der Waals surface area contributed by atoms with Crippen molar-refractivity contribution in [2.75, 3.05) is 11.9 Å². The Hall–Kier alpha value is -2.10. The van der Waals surface area contributed by atoms with Crippen molar-refractivity contribution in [3.05, 3.63) is 53.7 Å². The van der Waals surface area contributed by atoms with Crippen molar-refractivity contribution in [1.82, 2.24) is 9.29 Å². The van der Waals surface area contributed by atoms with Gasteiger partial charge in [0.1, 0.15) is 16.8 Å². The molecule has 0 saturated carbocycles. The summed E-state index contributed by atoms with van der Waals surface area (Å²) >= 11 is 0. The fraction of sp³-hybridized carbons (Fsp3) is 0.476. The van der Waals surface area contributed by atoms with E-state index in [4.69, 9.17) is 4.74 Å². The van der Waals surface area contributed by atoms with Gasteiger partial charge in [-0.25, -0.2) is 22.2 Å². The molecule has 1 aromatic carbocycles. The van der Waals surface area contributed by atoms with Gasteiger partial charge in [0.25, 0.3) is 0 Å². The lowest BCUT2D eigenvalue weighted by Gasteiger charge is -2.29. The van der Waals surface area contributed by atoms with Crippen LogP contribution in [-0.4, -0.2) is 42.4 Å². The summed E-state index contributed by atoms with van der Waals surface area (Å²) in [5, 5.41) is 3.22. The zero-order chi connectivity index (χ0) is 22.1. The van der Waals surface area contributed by atoms with Gasteiger partial charge >= 0.3 is 0 Å². The molecule has 0 radical (unpaired) electrons. The number of hydrogen-bond donors (Lipinski definition) is 1. The zero-order valence-electron chi connectivity index (χ0n) is 17.5. The molecule has 1 saturated heterocycles. The van der Waals surface area contributed by atoms with Crippen molar-refractivity contribution >= 4 is 15.8 Å². The van der Waals surface area contributed by atoms with Crippen LogP contribution in [0.25, 0.3) is 0 Å². The van der Waals surface area contributed by atoms with Crippen LogP contribution in [0.15, 0.2) is 41.4 Å². The van der Waals surface area contributed by atoms with Crippen LogP contribution in [0.3, 0.4) is 0 Å². The largest absolute Gasteiger partial charge is 0.371 e.